The van der Waals surface area contributed by atoms with Gasteiger partial charge in [0, 0.05) is 18.0 Å². The summed E-state index contributed by atoms with van der Waals surface area (Å²) in [5, 5.41) is 11.9. The predicted molar refractivity (Wildman–Crippen MR) is 155 cm³/mol. The van der Waals surface area contributed by atoms with Crippen LogP contribution in [0.4, 0.5) is 9.18 Å². The van der Waals surface area contributed by atoms with Crippen molar-refractivity contribution in [2.45, 2.75) is 44.8 Å². The van der Waals surface area contributed by atoms with Gasteiger partial charge in [-0.15, -0.1) is 0 Å². The molecule has 10 heteroatoms. The first-order valence-corrected chi connectivity index (χ1v) is 13.6. The van der Waals surface area contributed by atoms with E-state index in [1.54, 1.807) is 0 Å². The highest BCUT2D eigenvalue weighted by molar-refractivity contribution is 6.56. The highest BCUT2D eigenvalue weighted by Gasteiger charge is 2.52. The van der Waals surface area contributed by atoms with Gasteiger partial charge < -0.3 is 24.5 Å². The number of hydrogen-bond acceptors (Lipinski definition) is 5. The summed E-state index contributed by atoms with van der Waals surface area (Å²) in [4.78, 5) is 24.3. The molecule has 0 unspecified atom stereocenters. The Hall–Kier alpha value is -3.66. The third kappa shape index (κ3) is 5.62. The van der Waals surface area contributed by atoms with Crippen LogP contribution in [-0.2, 0) is 14.0 Å². The number of hydrogen-bond donors (Lipinski definition) is 2. The van der Waals surface area contributed by atoms with Crippen LogP contribution in [0.3, 0.4) is 0 Å². The maximum absolute atomic E-state index is 14.9. The van der Waals surface area contributed by atoms with Crippen LogP contribution in [0, 0.1) is 5.82 Å². The lowest BCUT2D eigenvalue weighted by molar-refractivity contribution is 0.00578. The second kappa shape index (κ2) is 11.0. The van der Waals surface area contributed by atoms with Gasteiger partial charge in [-0.1, -0.05) is 66.2 Å². The predicted octanol–water partition coefficient (Wildman–Crippen LogP) is 6.73. The van der Waals surface area contributed by atoms with Crippen LogP contribution in [0.5, 0.6) is 0 Å². The minimum absolute atomic E-state index is 0.0269. The van der Waals surface area contributed by atoms with Crippen molar-refractivity contribution < 1.29 is 33.1 Å². The molecule has 0 saturated carbocycles. The lowest BCUT2D eigenvalue weighted by Gasteiger charge is -2.32. The number of halogens is 2. The number of amides is 1. The number of alkyl carbamates (subject to hydrolysis) is 1. The Kier molecular flexibility index (Phi) is 7.72. The summed E-state index contributed by atoms with van der Waals surface area (Å²) < 4.78 is 32.9. The molecular weight excluding hydrogens is 548 g/mol. The topological polar surface area (TPSA) is 94.1 Å². The molecule has 1 aliphatic carbocycles. The lowest BCUT2D eigenvalue weighted by atomic mass is 9.77. The monoisotopic (exact) mass is 577 g/mol. The van der Waals surface area contributed by atoms with Gasteiger partial charge in [0.2, 0.25) is 0 Å². The van der Waals surface area contributed by atoms with Crippen molar-refractivity contribution in [2.24, 2.45) is 0 Å². The summed E-state index contributed by atoms with van der Waals surface area (Å²) in [6, 6.07) is 18.2. The van der Waals surface area contributed by atoms with E-state index in [0.29, 0.717) is 5.47 Å². The molecule has 0 radical (unpaired) electrons. The van der Waals surface area contributed by atoms with Crippen LogP contribution < -0.4 is 5.32 Å². The minimum atomic E-state index is -1.34. The SMILES string of the molecule is CC1(C)OB(C(=Cc2cc(Cl)c(C(=O)O)cc2F)CNC(=O)OCC2c3ccccc3-c3ccccc32)OC1(C)C. The Morgan fingerprint density at radius 3 is 2.15 bits per heavy atom. The largest absolute Gasteiger partial charge is 0.492 e. The number of rotatable bonds is 7. The van der Waals surface area contributed by atoms with Crippen LogP contribution in [-0.4, -0.2) is 48.6 Å². The van der Waals surface area contributed by atoms with Gasteiger partial charge in [-0.3, -0.25) is 0 Å². The summed E-state index contributed by atoms with van der Waals surface area (Å²) >= 11 is 6.10. The standard InChI is InChI=1S/C31H30BClFNO6/c1-30(2)31(3,4)41-32(40-30)19(13-18-14-26(33)24(28(36)37)15-27(18)34)16-35-29(38)39-17-25-22-11-7-5-9-20(22)21-10-6-8-12-23(21)25/h5-15,25H,16-17H2,1-4H3,(H,35,38)(H,36,37). The molecule has 1 aliphatic heterocycles. The molecule has 5 rings (SSSR count). The number of fused-ring (bicyclic) bond motifs is 3. The molecule has 0 atom stereocenters. The molecule has 3 aromatic rings. The van der Waals surface area contributed by atoms with Gasteiger partial charge in [0.25, 0.3) is 0 Å². The molecule has 3 aromatic carbocycles. The van der Waals surface area contributed by atoms with Crippen molar-refractivity contribution in [1.82, 2.24) is 5.32 Å². The van der Waals surface area contributed by atoms with Crippen molar-refractivity contribution >= 4 is 36.9 Å². The van der Waals surface area contributed by atoms with Crippen LogP contribution in [0.15, 0.2) is 66.1 Å². The zero-order chi connectivity index (χ0) is 29.5. The maximum atomic E-state index is 14.9. The van der Waals surface area contributed by atoms with Gasteiger partial charge in [0.15, 0.2) is 0 Å². The molecule has 0 bridgehead atoms. The van der Waals surface area contributed by atoms with Crippen molar-refractivity contribution in [3.05, 3.63) is 99.2 Å². The number of carboxylic acids is 1. The zero-order valence-electron chi connectivity index (χ0n) is 23.2. The summed E-state index contributed by atoms with van der Waals surface area (Å²) in [5.74, 6) is -2.23. The van der Waals surface area contributed by atoms with E-state index in [1.165, 1.54) is 12.1 Å². The highest BCUT2D eigenvalue weighted by atomic mass is 35.5. The molecule has 212 valence electrons. The summed E-state index contributed by atoms with van der Waals surface area (Å²) in [6.45, 7) is 7.57. The number of ether oxygens (including phenoxy) is 1. The molecule has 2 N–H and O–H groups in total. The van der Waals surface area contributed by atoms with E-state index < -0.39 is 36.2 Å². The van der Waals surface area contributed by atoms with Gasteiger partial charge in [-0.2, -0.15) is 0 Å². The molecule has 1 saturated heterocycles. The van der Waals surface area contributed by atoms with Crippen molar-refractivity contribution in [1.29, 1.82) is 0 Å². The number of carbonyl (C=O) groups excluding carboxylic acids is 1. The molecule has 1 fully saturated rings. The Balaban J connectivity index is 1.34. The lowest BCUT2D eigenvalue weighted by Crippen LogP contribution is -2.41. The molecule has 2 aliphatic rings. The van der Waals surface area contributed by atoms with Crippen molar-refractivity contribution in [3.8, 4) is 11.1 Å². The van der Waals surface area contributed by atoms with E-state index in [0.717, 1.165) is 28.3 Å². The Morgan fingerprint density at radius 2 is 1.59 bits per heavy atom. The minimum Gasteiger partial charge on any atom is -0.478 e. The first-order chi connectivity index (χ1) is 19.4. The van der Waals surface area contributed by atoms with Crippen LogP contribution >= 0.6 is 11.6 Å². The molecule has 1 heterocycles. The van der Waals surface area contributed by atoms with E-state index in [1.807, 2.05) is 64.1 Å². The van der Waals surface area contributed by atoms with Crippen LogP contribution in [0.25, 0.3) is 17.2 Å². The molecule has 41 heavy (non-hydrogen) atoms. The van der Waals surface area contributed by atoms with Crippen LogP contribution in [0.2, 0.25) is 5.02 Å². The fourth-order valence-electron chi connectivity index (χ4n) is 5.06. The zero-order valence-corrected chi connectivity index (χ0v) is 23.9. The van der Waals surface area contributed by atoms with E-state index in [2.05, 4.69) is 17.4 Å². The van der Waals surface area contributed by atoms with Crippen LogP contribution in [0.1, 0.15) is 60.7 Å². The van der Waals surface area contributed by atoms with Gasteiger partial charge in [-0.05, 0) is 67.6 Å². The smallest absolute Gasteiger partial charge is 0.478 e. The average Bonchev–Trinajstić information content (AvgIpc) is 3.35. The van der Waals surface area contributed by atoms with Gasteiger partial charge in [0.05, 0.1) is 21.8 Å². The fraction of sp³-hybridized carbons (Fsp3) is 0.290. The summed E-state index contributed by atoms with van der Waals surface area (Å²) in [7, 11) is -0.911. The number of benzene rings is 3. The van der Waals surface area contributed by atoms with Gasteiger partial charge in [0.1, 0.15) is 12.4 Å². The second-order valence-electron chi connectivity index (χ2n) is 11.1. The summed E-state index contributed by atoms with van der Waals surface area (Å²) in [5.41, 5.74) is 3.13. The number of nitrogens with one attached hydrogen (secondary N) is 1. The van der Waals surface area contributed by atoms with E-state index >= 15 is 0 Å². The van der Waals surface area contributed by atoms with E-state index in [9.17, 15) is 19.1 Å². The third-order valence-corrected chi connectivity index (χ3v) is 8.31. The maximum Gasteiger partial charge on any atom is 0.492 e. The van der Waals surface area contributed by atoms with Gasteiger partial charge >= 0.3 is 19.2 Å². The Labute approximate surface area is 243 Å². The number of aromatic carboxylic acids is 1. The Bertz CT molecular complexity index is 1490. The molecular formula is C31H30BClFNO6. The summed E-state index contributed by atoms with van der Waals surface area (Å²) in [6.07, 6.45) is 0.785. The number of carboxylic acid groups (broad SMARTS) is 1. The quantitative estimate of drug-likeness (QED) is 0.302. The third-order valence-electron chi connectivity index (χ3n) is 7.99. The number of carbonyl (C=O) groups is 2. The van der Waals surface area contributed by atoms with E-state index in [4.69, 9.17) is 25.6 Å². The van der Waals surface area contributed by atoms with Crippen molar-refractivity contribution in [2.75, 3.05) is 13.2 Å². The Morgan fingerprint density at radius 1 is 1.02 bits per heavy atom. The average molecular weight is 578 g/mol. The van der Waals surface area contributed by atoms with Gasteiger partial charge in [-0.25, -0.2) is 14.0 Å². The molecule has 0 aromatic heterocycles. The first-order valence-electron chi connectivity index (χ1n) is 13.3. The molecule has 0 spiro atoms. The molecule has 1 amide bonds. The van der Waals surface area contributed by atoms with E-state index in [-0.39, 0.29) is 35.2 Å². The molecule has 7 nitrogen and oxygen atoms in total. The second-order valence-corrected chi connectivity index (χ2v) is 11.6. The highest BCUT2D eigenvalue weighted by Crippen LogP contribution is 2.44. The van der Waals surface area contributed by atoms with Crippen molar-refractivity contribution in [3.63, 3.8) is 0 Å². The normalized spacial score (nSPS) is 17.2. The first kappa shape index (κ1) is 28.9. The fourth-order valence-corrected chi connectivity index (χ4v) is 5.31.